The number of carbonyl (C=O) groups is 4. The van der Waals surface area contributed by atoms with Crippen molar-refractivity contribution in [2.75, 3.05) is 26.2 Å². The number of hydrogen-bond acceptors (Lipinski definition) is 6. The van der Waals surface area contributed by atoms with E-state index in [0.29, 0.717) is 5.56 Å². The fourth-order valence-electron chi connectivity index (χ4n) is 2.76. The molecule has 1 atom stereocenters. The topological polar surface area (TPSA) is 93.2 Å². The third-order valence-electron chi connectivity index (χ3n) is 4.11. The van der Waals surface area contributed by atoms with Gasteiger partial charge in [-0.05, 0) is 32.9 Å². The Labute approximate surface area is 170 Å². The van der Waals surface area contributed by atoms with Crippen LogP contribution in [0.15, 0.2) is 43.0 Å². The van der Waals surface area contributed by atoms with Gasteiger partial charge in [0.25, 0.3) is 5.91 Å². The zero-order chi connectivity index (χ0) is 21.6. The second kappa shape index (κ2) is 9.36. The van der Waals surface area contributed by atoms with Gasteiger partial charge in [0.2, 0.25) is 5.91 Å². The molecular weight excluding hydrogens is 376 g/mol. The van der Waals surface area contributed by atoms with Gasteiger partial charge in [-0.2, -0.15) is 0 Å². The van der Waals surface area contributed by atoms with Crippen LogP contribution in [0.1, 0.15) is 31.1 Å². The number of carbonyl (C=O) groups excluding carboxylic acids is 4. The molecule has 1 fully saturated rings. The van der Waals surface area contributed by atoms with Crippen molar-refractivity contribution < 1.29 is 28.7 Å². The fraction of sp³-hybridized carbons (Fsp3) is 0.429. The van der Waals surface area contributed by atoms with Crippen LogP contribution in [0.4, 0.5) is 4.79 Å². The van der Waals surface area contributed by atoms with E-state index in [2.05, 4.69) is 6.58 Å². The molecule has 156 valence electrons. The number of rotatable bonds is 4. The first-order chi connectivity index (χ1) is 13.6. The lowest BCUT2D eigenvalue weighted by molar-refractivity contribution is -0.153. The summed E-state index contributed by atoms with van der Waals surface area (Å²) in [5.74, 6) is -3.41. The first-order valence-corrected chi connectivity index (χ1v) is 9.30. The van der Waals surface area contributed by atoms with Crippen LogP contribution < -0.4 is 0 Å². The minimum absolute atomic E-state index is 0.0461. The van der Waals surface area contributed by atoms with Crippen molar-refractivity contribution in [3.05, 3.63) is 48.6 Å². The standard InChI is InChI=1S/C21H26N2O6/c1-5-13-28-19(26)16-14-22(20(27)29-21(2,3)4)11-12-23(18(16)25)17(24)15-9-7-6-8-10-15/h5-10,16H,1,11-14H2,2-4H3. The molecule has 1 heterocycles. The van der Waals surface area contributed by atoms with Gasteiger partial charge in [0.05, 0.1) is 0 Å². The highest BCUT2D eigenvalue weighted by molar-refractivity contribution is 6.10. The van der Waals surface area contributed by atoms with Crippen molar-refractivity contribution in [3.8, 4) is 0 Å². The maximum absolute atomic E-state index is 13.0. The number of esters is 1. The monoisotopic (exact) mass is 402 g/mol. The molecule has 0 aromatic heterocycles. The largest absolute Gasteiger partial charge is 0.461 e. The van der Waals surface area contributed by atoms with Crippen LogP contribution >= 0.6 is 0 Å². The average Bonchev–Trinajstić information content (AvgIpc) is 2.84. The Hall–Kier alpha value is -3.16. The molecule has 1 aromatic carbocycles. The minimum atomic E-state index is -1.34. The third-order valence-corrected chi connectivity index (χ3v) is 4.11. The van der Waals surface area contributed by atoms with Crippen molar-refractivity contribution in [3.63, 3.8) is 0 Å². The minimum Gasteiger partial charge on any atom is -0.461 e. The number of imide groups is 1. The Morgan fingerprint density at radius 3 is 2.41 bits per heavy atom. The number of amides is 3. The van der Waals surface area contributed by atoms with Gasteiger partial charge in [-0.1, -0.05) is 30.9 Å². The molecule has 3 amide bonds. The van der Waals surface area contributed by atoms with Gasteiger partial charge in [0.1, 0.15) is 12.2 Å². The van der Waals surface area contributed by atoms with Crippen molar-refractivity contribution in [2.24, 2.45) is 5.92 Å². The highest BCUT2D eigenvalue weighted by atomic mass is 16.6. The zero-order valence-corrected chi connectivity index (χ0v) is 16.9. The second-order valence-corrected chi connectivity index (χ2v) is 7.56. The summed E-state index contributed by atoms with van der Waals surface area (Å²) in [6, 6.07) is 8.27. The van der Waals surface area contributed by atoms with Crippen molar-refractivity contribution in [1.82, 2.24) is 9.80 Å². The molecule has 1 aliphatic heterocycles. The predicted octanol–water partition coefficient (Wildman–Crippen LogP) is 2.25. The highest BCUT2D eigenvalue weighted by Crippen LogP contribution is 2.19. The van der Waals surface area contributed by atoms with Crippen molar-refractivity contribution in [2.45, 2.75) is 26.4 Å². The molecule has 0 aliphatic carbocycles. The van der Waals surface area contributed by atoms with Gasteiger partial charge in [0, 0.05) is 25.2 Å². The molecule has 29 heavy (non-hydrogen) atoms. The molecule has 0 N–H and O–H groups in total. The summed E-state index contributed by atoms with van der Waals surface area (Å²) in [5, 5.41) is 0. The van der Waals surface area contributed by atoms with Crippen LogP contribution in [0.3, 0.4) is 0 Å². The fourth-order valence-corrected chi connectivity index (χ4v) is 2.76. The van der Waals surface area contributed by atoms with E-state index in [9.17, 15) is 19.2 Å². The number of benzene rings is 1. The maximum Gasteiger partial charge on any atom is 0.410 e. The van der Waals surface area contributed by atoms with Gasteiger partial charge in [-0.25, -0.2) is 4.79 Å². The summed E-state index contributed by atoms with van der Waals surface area (Å²) in [5.41, 5.74) is -0.434. The Morgan fingerprint density at radius 1 is 1.17 bits per heavy atom. The molecule has 1 aromatic rings. The third kappa shape index (κ3) is 5.91. The second-order valence-electron chi connectivity index (χ2n) is 7.56. The van der Waals surface area contributed by atoms with E-state index in [1.165, 1.54) is 11.0 Å². The Bertz CT molecular complexity index is 784. The Balaban J connectivity index is 2.30. The predicted molar refractivity (Wildman–Crippen MR) is 105 cm³/mol. The first-order valence-electron chi connectivity index (χ1n) is 9.30. The van der Waals surface area contributed by atoms with E-state index >= 15 is 0 Å². The molecule has 1 aliphatic rings. The lowest BCUT2D eigenvalue weighted by Crippen LogP contribution is -2.44. The molecule has 1 saturated heterocycles. The SMILES string of the molecule is C=CCOC(=O)C1CN(C(=O)OC(C)(C)C)CCN(C(=O)c2ccccc2)C1=O. The Kier molecular flexibility index (Phi) is 7.14. The summed E-state index contributed by atoms with van der Waals surface area (Å²) in [6.45, 7) is 8.29. The summed E-state index contributed by atoms with van der Waals surface area (Å²) >= 11 is 0. The molecule has 0 radical (unpaired) electrons. The summed E-state index contributed by atoms with van der Waals surface area (Å²) < 4.78 is 10.4. The summed E-state index contributed by atoms with van der Waals surface area (Å²) in [6.07, 6.45) is 0.707. The van der Waals surface area contributed by atoms with Crippen LogP contribution in [-0.4, -0.2) is 65.5 Å². The summed E-state index contributed by atoms with van der Waals surface area (Å²) in [7, 11) is 0. The van der Waals surface area contributed by atoms with E-state index in [-0.39, 0.29) is 26.2 Å². The maximum atomic E-state index is 13.0. The molecule has 0 spiro atoms. The lowest BCUT2D eigenvalue weighted by atomic mass is 10.1. The van der Waals surface area contributed by atoms with Crippen molar-refractivity contribution >= 4 is 23.9 Å². The molecule has 8 heteroatoms. The van der Waals surface area contributed by atoms with Crippen LogP contribution in [-0.2, 0) is 19.1 Å². The van der Waals surface area contributed by atoms with E-state index in [1.807, 2.05) is 0 Å². The Morgan fingerprint density at radius 2 is 1.83 bits per heavy atom. The first kappa shape index (κ1) is 22.1. The van der Waals surface area contributed by atoms with Crippen LogP contribution in [0, 0.1) is 5.92 Å². The van der Waals surface area contributed by atoms with E-state index in [1.54, 1.807) is 51.1 Å². The highest BCUT2D eigenvalue weighted by Gasteiger charge is 2.41. The molecular formula is C21H26N2O6. The smallest absolute Gasteiger partial charge is 0.410 e. The molecule has 0 bridgehead atoms. The van der Waals surface area contributed by atoms with Gasteiger partial charge in [-0.3, -0.25) is 19.3 Å². The molecule has 2 rings (SSSR count). The van der Waals surface area contributed by atoms with Crippen LogP contribution in [0.2, 0.25) is 0 Å². The van der Waals surface area contributed by atoms with Gasteiger partial charge in [0.15, 0.2) is 5.92 Å². The molecule has 1 unspecified atom stereocenters. The van der Waals surface area contributed by atoms with E-state index < -0.39 is 35.4 Å². The van der Waals surface area contributed by atoms with Gasteiger partial charge in [-0.15, -0.1) is 0 Å². The van der Waals surface area contributed by atoms with E-state index in [4.69, 9.17) is 9.47 Å². The number of ether oxygens (including phenoxy) is 2. The van der Waals surface area contributed by atoms with Gasteiger partial charge >= 0.3 is 12.1 Å². The van der Waals surface area contributed by atoms with Gasteiger partial charge < -0.3 is 14.4 Å². The summed E-state index contributed by atoms with van der Waals surface area (Å²) in [4.78, 5) is 53.1. The zero-order valence-electron chi connectivity index (χ0n) is 16.9. The lowest BCUT2D eigenvalue weighted by Gasteiger charge is -2.27. The number of nitrogens with zero attached hydrogens (tertiary/aromatic N) is 2. The van der Waals surface area contributed by atoms with Crippen molar-refractivity contribution in [1.29, 1.82) is 0 Å². The normalized spacial score (nSPS) is 17.3. The molecule has 0 saturated carbocycles. The molecule has 8 nitrogen and oxygen atoms in total. The quantitative estimate of drug-likeness (QED) is 0.332. The van der Waals surface area contributed by atoms with Crippen LogP contribution in [0.25, 0.3) is 0 Å². The average molecular weight is 402 g/mol. The van der Waals surface area contributed by atoms with E-state index in [0.717, 1.165) is 4.90 Å². The van der Waals surface area contributed by atoms with Crippen LogP contribution in [0.5, 0.6) is 0 Å². The number of hydrogen-bond donors (Lipinski definition) is 0.